The van der Waals surface area contributed by atoms with Crippen LogP contribution in [0.2, 0.25) is 0 Å². The number of rotatable bonds is 6. The van der Waals surface area contributed by atoms with E-state index in [1.165, 1.54) is 6.07 Å². The third-order valence-electron chi connectivity index (χ3n) is 3.92. The topological polar surface area (TPSA) is 72.7 Å². The molecule has 0 spiro atoms. The van der Waals surface area contributed by atoms with Gasteiger partial charge in [-0.15, -0.1) is 0 Å². The predicted octanol–water partition coefficient (Wildman–Crippen LogP) is 2.88. The first kappa shape index (κ1) is 17.1. The van der Waals surface area contributed by atoms with E-state index < -0.39 is 0 Å². The highest BCUT2D eigenvalue weighted by atomic mass is 16.6. The molecule has 1 heterocycles. The standard InChI is InChI=1S/C17H22N2O4/c1-2-23-17(20)15-9-6-12-18(13-15)11-5-8-14-7-3-4-10-16(14)19(21)22/h3-5,7-8,10,15H,2,6,9,11-13H2,1H3/b8-5+. The Morgan fingerprint density at radius 2 is 2.26 bits per heavy atom. The number of nitrogens with zero attached hydrogens (tertiary/aromatic N) is 2. The number of ether oxygens (including phenoxy) is 1. The van der Waals surface area contributed by atoms with Crippen LogP contribution >= 0.6 is 0 Å². The fourth-order valence-corrected chi connectivity index (χ4v) is 2.80. The van der Waals surface area contributed by atoms with Gasteiger partial charge in [-0.1, -0.05) is 24.3 Å². The van der Waals surface area contributed by atoms with Crippen LogP contribution in [0, 0.1) is 16.0 Å². The number of nitro benzene ring substituents is 1. The lowest BCUT2D eigenvalue weighted by Gasteiger charge is -2.30. The maximum atomic E-state index is 11.8. The van der Waals surface area contributed by atoms with Gasteiger partial charge >= 0.3 is 5.97 Å². The minimum Gasteiger partial charge on any atom is -0.466 e. The van der Waals surface area contributed by atoms with Crippen molar-refractivity contribution in [2.45, 2.75) is 19.8 Å². The molecule has 2 rings (SSSR count). The molecule has 0 N–H and O–H groups in total. The number of nitro groups is 1. The van der Waals surface area contributed by atoms with Crippen LogP contribution in [-0.4, -0.2) is 42.0 Å². The molecule has 0 saturated carbocycles. The van der Waals surface area contributed by atoms with Crippen LogP contribution in [0.3, 0.4) is 0 Å². The van der Waals surface area contributed by atoms with E-state index in [1.807, 2.05) is 13.0 Å². The van der Waals surface area contributed by atoms with Gasteiger partial charge in [0, 0.05) is 19.2 Å². The van der Waals surface area contributed by atoms with Crippen molar-refractivity contribution in [2.75, 3.05) is 26.2 Å². The van der Waals surface area contributed by atoms with Crippen LogP contribution < -0.4 is 0 Å². The van der Waals surface area contributed by atoms with Crippen molar-refractivity contribution in [3.05, 3.63) is 46.0 Å². The van der Waals surface area contributed by atoms with Gasteiger partial charge in [0.25, 0.3) is 5.69 Å². The second-order valence-electron chi connectivity index (χ2n) is 5.57. The van der Waals surface area contributed by atoms with Gasteiger partial charge in [-0.25, -0.2) is 0 Å². The molecule has 124 valence electrons. The lowest BCUT2D eigenvalue weighted by atomic mass is 9.98. The molecule has 1 aromatic carbocycles. The van der Waals surface area contributed by atoms with Gasteiger partial charge in [-0.2, -0.15) is 0 Å². The third-order valence-corrected chi connectivity index (χ3v) is 3.92. The van der Waals surface area contributed by atoms with Gasteiger partial charge in [-0.3, -0.25) is 19.8 Å². The second kappa shape index (κ2) is 8.43. The van der Waals surface area contributed by atoms with E-state index in [-0.39, 0.29) is 22.5 Å². The summed E-state index contributed by atoms with van der Waals surface area (Å²) in [6, 6.07) is 6.66. The van der Waals surface area contributed by atoms with Crippen LogP contribution in [0.5, 0.6) is 0 Å². The number of carbonyl (C=O) groups excluding carboxylic acids is 1. The number of hydrogen-bond donors (Lipinski definition) is 0. The van der Waals surface area contributed by atoms with Gasteiger partial charge in [0.15, 0.2) is 0 Å². The van der Waals surface area contributed by atoms with E-state index in [9.17, 15) is 14.9 Å². The normalized spacial score (nSPS) is 18.9. The Hall–Kier alpha value is -2.21. The molecular weight excluding hydrogens is 296 g/mol. The van der Waals surface area contributed by atoms with Gasteiger partial charge in [0.1, 0.15) is 0 Å². The molecule has 0 aromatic heterocycles. The molecule has 1 aromatic rings. The van der Waals surface area contributed by atoms with E-state index in [4.69, 9.17) is 4.74 Å². The summed E-state index contributed by atoms with van der Waals surface area (Å²) in [7, 11) is 0. The molecule has 0 amide bonds. The number of hydrogen-bond acceptors (Lipinski definition) is 5. The summed E-state index contributed by atoms with van der Waals surface area (Å²) in [6.45, 7) is 4.50. The molecule has 1 fully saturated rings. The number of piperidine rings is 1. The molecule has 6 nitrogen and oxygen atoms in total. The number of benzene rings is 1. The molecule has 0 bridgehead atoms. The number of esters is 1. The Balaban J connectivity index is 1.93. The highest BCUT2D eigenvalue weighted by Gasteiger charge is 2.26. The average molecular weight is 318 g/mol. The number of likely N-dealkylation sites (tertiary alicyclic amines) is 1. The molecule has 1 atom stereocenters. The molecule has 1 unspecified atom stereocenters. The van der Waals surface area contributed by atoms with Crippen molar-refractivity contribution in [3.8, 4) is 0 Å². The smallest absolute Gasteiger partial charge is 0.310 e. The largest absolute Gasteiger partial charge is 0.466 e. The Bertz CT molecular complexity index is 586. The van der Waals surface area contributed by atoms with E-state index in [0.717, 1.165) is 19.4 Å². The maximum absolute atomic E-state index is 11.8. The zero-order chi connectivity index (χ0) is 16.7. The monoisotopic (exact) mass is 318 g/mol. The van der Waals surface area contributed by atoms with E-state index in [0.29, 0.717) is 25.3 Å². The molecule has 1 aliphatic heterocycles. The molecule has 1 aliphatic rings. The molecule has 6 heteroatoms. The Morgan fingerprint density at radius 1 is 1.48 bits per heavy atom. The van der Waals surface area contributed by atoms with Crippen molar-refractivity contribution in [2.24, 2.45) is 5.92 Å². The quantitative estimate of drug-likeness (QED) is 0.458. The van der Waals surface area contributed by atoms with Crippen molar-refractivity contribution >= 4 is 17.7 Å². The highest BCUT2D eigenvalue weighted by Crippen LogP contribution is 2.20. The van der Waals surface area contributed by atoms with E-state index >= 15 is 0 Å². The minimum atomic E-state index is -0.378. The first-order chi connectivity index (χ1) is 11.1. The highest BCUT2D eigenvalue weighted by molar-refractivity contribution is 5.72. The van der Waals surface area contributed by atoms with Crippen molar-refractivity contribution in [3.63, 3.8) is 0 Å². The summed E-state index contributed by atoms with van der Waals surface area (Å²) in [5.74, 6) is -0.192. The number of carbonyl (C=O) groups is 1. The Morgan fingerprint density at radius 3 is 3.00 bits per heavy atom. The van der Waals surface area contributed by atoms with Crippen molar-refractivity contribution in [1.29, 1.82) is 0 Å². The Labute approximate surface area is 135 Å². The predicted molar refractivity (Wildman–Crippen MR) is 87.9 cm³/mol. The molecule has 0 aliphatic carbocycles. The fourth-order valence-electron chi connectivity index (χ4n) is 2.80. The summed E-state index contributed by atoms with van der Waals surface area (Å²) >= 11 is 0. The van der Waals surface area contributed by atoms with Gasteiger partial charge in [0.2, 0.25) is 0 Å². The van der Waals surface area contributed by atoms with E-state index in [2.05, 4.69) is 4.90 Å². The van der Waals surface area contributed by atoms with Gasteiger partial charge < -0.3 is 4.74 Å². The van der Waals surface area contributed by atoms with Crippen LogP contribution in [0.1, 0.15) is 25.3 Å². The van der Waals surface area contributed by atoms with Crippen molar-refractivity contribution < 1.29 is 14.5 Å². The number of para-hydroxylation sites is 1. The summed E-state index contributed by atoms with van der Waals surface area (Å²) in [4.78, 5) is 24.6. The van der Waals surface area contributed by atoms with Crippen LogP contribution in [-0.2, 0) is 9.53 Å². The first-order valence-corrected chi connectivity index (χ1v) is 7.90. The van der Waals surface area contributed by atoms with Crippen LogP contribution in [0.4, 0.5) is 5.69 Å². The average Bonchev–Trinajstić information content (AvgIpc) is 2.55. The fraction of sp³-hybridized carbons (Fsp3) is 0.471. The molecular formula is C17H22N2O4. The molecule has 23 heavy (non-hydrogen) atoms. The first-order valence-electron chi connectivity index (χ1n) is 7.90. The summed E-state index contributed by atoms with van der Waals surface area (Å²) in [5, 5.41) is 11.0. The van der Waals surface area contributed by atoms with Crippen LogP contribution in [0.25, 0.3) is 6.08 Å². The minimum absolute atomic E-state index is 0.0665. The summed E-state index contributed by atoms with van der Waals surface area (Å²) in [5.41, 5.74) is 0.697. The third kappa shape index (κ3) is 4.89. The van der Waals surface area contributed by atoms with Crippen molar-refractivity contribution in [1.82, 2.24) is 4.90 Å². The second-order valence-corrected chi connectivity index (χ2v) is 5.57. The zero-order valence-electron chi connectivity index (χ0n) is 13.3. The summed E-state index contributed by atoms with van der Waals surface area (Å²) in [6.07, 6.45) is 5.51. The lowest BCUT2D eigenvalue weighted by Crippen LogP contribution is -2.39. The summed E-state index contributed by atoms with van der Waals surface area (Å²) < 4.78 is 5.09. The Kier molecular flexibility index (Phi) is 6.29. The molecule has 0 radical (unpaired) electrons. The van der Waals surface area contributed by atoms with Crippen LogP contribution in [0.15, 0.2) is 30.3 Å². The molecule has 1 saturated heterocycles. The van der Waals surface area contributed by atoms with Gasteiger partial charge in [-0.05, 0) is 32.4 Å². The maximum Gasteiger partial charge on any atom is 0.310 e. The zero-order valence-corrected chi connectivity index (χ0v) is 13.3. The van der Waals surface area contributed by atoms with Gasteiger partial charge in [0.05, 0.1) is 23.0 Å². The van der Waals surface area contributed by atoms with E-state index in [1.54, 1.807) is 24.3 Å². The lowest BCUT2D eigenvalue weighted by molar-refractivity contribution is -0.385. The SMILES string of the molecule is CCOC(=O)C1CCCN(C/C=C/c2ccccc2[N+](=O)[O-])C1.